The second kappa shape index (κ2) is 7.64. The van der Waals surface area contributed by atoms with Crippen LogP contribution in [-0.2, 0) is 5.88 Å². The van der Waals surface area contributed by atoms with Crippen molar-refractivity contribution in [2.24, 2.45) is 0 Å². The summed E-state index contributed by atoms with van der Waals surface area (Å²) in [7, 11) is 0. The monoisotopic (exact) mass is 284 g/mol. The first kappa shape index (κ1) is 16.2. The molecule has 1 aromatic rings. The summed E-state index contributed by atoms with van der Waals surface area (Å²) < 4.78 is 11.8. The van der Waals surface area contributed by atoms with Crippen molar-refractivity contribution < 1.29 is 9.47 Å². The van der Waals surface area contributed by atoms with Crippen LogP contribution in [0.25, 0.3) is 0 Å². The van der Waals surface area contributed by atoms with Crippen LogP contribution in [-0.4, -0.2) is 13.2 Å². The molecule has 0 aliphatic carbocycles. The fourth-order valence-corrected chi connectivity index (χ4v) is 2.46. The van der Waals surface area contributed by atoms with Crippen LogP contribution in [0, 0.1) is 20.8 Å². The Morgan fingerprint density at radius 3 is 1.74 bits per heavy atom. The molecule has 0 fully saturated rings. The minimum atomic E-state index is 0.453. The molecule has 0 amide bonds. The summed E-state index contributed by atoms with van der Waals surface area (Å²) in [6.45, 7) is 11.9. The van der Waals surface area contributed by atoms with Gasteiger partial charge in [-0.2, -0.15) is 0 Å². The molecular weight excluding hydrogens is 260 g/mol. The Morgan fingerprint density at radius 2 is 1.26 bits per heavy atom. The highest BCUT2D eigenvalue weighted by Crippen LogP contribution is 2.38. The molecule has 1 aromatic carbocycles. The van der Waals surface area contributed by atoms with Gasteiger partial charge in [0.15, 0.2) is 0 Å². The van der Waals surface area contributed by atoms with Crippen LogP contribution in [0.5, 0.6) is 11.5 Å². The largest absolute Gasteiger partial charge is 0.493 e. The first-order valence-electron chi connectivity index (χ1n) is 7.02. The van der Waals surface area contributed by atoms with E-state index in [1.165, 1.54) is 0 Å². The van der Waals surface area contributed by atoms with Crippen molar-refractivity contribution >= 4 is 11.6 Å². The van der Waals surface area contributed by atoms with E-state index in [2.05, 4.69) is 34.6 Å². The van der Waals surface area contributed by atoms with E-state index in [1.807, 2.05) is 0 Å². The minimum Gasteiger partial charge on any atom is -0.493 e. The summed E-state index contributed by atoms with van der Waals surface area (Å²) in [6, 6.07) is 0. The van der Waals surface area contributed by atoms with Gasteiger partial charge in [0.25, 0.3) is 0 Å². The van der Waals surface area contributed by atoms with Gasteiger partial charge in [-0.15, -0.1) is 11.6 Å². The Labute approximate surface area is 122 Å². The van der Waals surface area contributed by atoms with Crippen molar-refractivity contribution in [3.8, 4) is 11.5 Å². The van der Waals surface area contributed by atoms with E-state index in [9.17, 15) is 0 Å². The third-order valence-electron chi connectivity index (χ3n) is 3.35. The lowest BCUT2D eigenvalue weighted by molar-refractivity contribution is 0.301. The lowest BCUT2D eigenvalue weighted by Gasteiger charge is -2.21. The van der Waals surface area contributed by atoms with E-state index in [0.717, 1.165) is 59.8 Å². The summed E-state index contributed by atoms with van der Waals surface area (Å²) in [5.41, 5.74) is 4.47. The summed E-state index contributed by atoms with van der Waals surface area (Å²) in [5, 5.41) is 0. The van der Waals surface area contributed by atoms with E-state index in [4.69, 9.17) is 21.1 Å². The third kappa shape index (κ3) is 3.56. The van der Waals surface area contributed by atoms with Crippen molar-refractivity contribution in [3.63, 3.8) is 0 Å². The molecule has 0 aliphatic heterocycles. The molecule has 0 saturated heterocycles. The van der Waals surface area contributed by atoms with Crippen LogP contribution in [0.1, 0.15) is 48.9 Å². The SMILES string of the molecule is CCCOc1c(C)c(C)c(OCCC)c(CCl)c1C. The van der Waals surface area contributed by atoms with E-state index < -0.39 is 0 Å². The summed E-state index contributed by atoms with van der Waals surface area (Å²) in [4.78, 5) is 0. The maximum atomic E-state index is 6.11. The molecule has 0 heterocycles. The third-order valence-corrected chi connectivity index (χ3v) is 3.61. The molecule has 1 rings (SSSR count). The quantitative estimate of drug-likeness (QED) is 0.661. The van der Waals surface area contributed by atoms with Gasteiger partial charge in [-0.25, -0.2) is 0 Å². The first-order valence-corrected chi connectivity index (χ1v) is 7.56. The Hall–Kier alpha value is -0.890. The molecule has 2 nitrogen and oxygen atoms in total. The van der Waals surface area contributed by atoms with Gasteiger partial charge in [-0.3, -0.25) is 0 Å². The van der Waals surface area contributed by atoms with Crippen molar-refractivity contribution in [1.29, 1.82) is 0 Å². The summed E-state index contributed by atoms with van der Waals surface area (Å²) in [5.74, 6) is 2.36. The highest BCUT2D eigenvalue weighted by Gasteiger charge is 2.18. The predicted molar refractivity (Wildman–Crippen MR) is 81.8 cm³/mol. The van der Waals surface area contributed by atoms with E-state index in [-0.39, 0.29) is 0 Å². The van der Waals surface area contributed by atoms with Crippen LogP contribution in [0.4, 0.5) is 0 Å². The fraction of sp³-hybridized carbons (Fsp3) is 0.625. The van der Waals surface area contributed by atoms with E-state index in [1.54, 1.807) is 0 Å². The first-order chi connectivity index (χ1) is 9.08. The second-order valence-corrected chi connectivity index (χ2v) is 5.11. The van der Waals surface area contributed by atoms with Gasteiger partial charge in [0.1, 0.15) is 11.5 Å². The zero-order valence-electron chi connectivity index (χ0n) is 12.7. The molecule has 19 heavy (non-hydrogen) atoms. The Morgan fingerprint density at radius 1 is 0.789 bits per heavy atom. The highest BCUT2D eigenvalue weighted by molar-refractivity contribution is 6.17. The van der Waals surface area contributed by atoms with Crippen molar-refractivity contribution in [1.82, 2.24) is 0 Å². The van der Waals surface area contributed by atoms with Gasteiger partial charge in [-0.1, -0.05) is 13.8 Å². The molecule has 0 unspecified atom stereocenters. The number of ether oxygens (including phenoxy) is 2. The molecule has 3 heteroatoms. The molecule has 0 saturated carbocycles. The van der Waals surface area contributed by atoms with Crippen molar-refractivity contribution in [3.05, 3.63) is 22.3 Å². The number of hydrogen-bond acceptors (Lipinski definition) is 2. The average molecular weight is 285 g/mol. The molecule has 108 valence electrons. The Kier molecular flexibility index (Phi) is 6.50. The number of hydrogen-bond donors (Lipinski definition) is 0. The number of benzene rings is 1. The fourth-order valence-electron chi connectivity index (χ4n) is 2.14. The Bertz CT molecular complexity index is 427. The van der Waals surface area contributed by atoms with Gasteiger partial charge in [0.05, 0.1) is 19.1 Å². The molecule has 0 N–H and O–H groups in total. The van der Waals surface area contributed by atoms with Crippen LogP contribution >= 0.6 is 11.6 Å². The lowest BCUT2D eigenvalue weighted by Crippen LogP contribution is -2.07. The number of alkyl halides is 1. The van der Waals surface area contributed by atoms with Crippen LogP contribution in [0.15, 0.2) is 0 Å². The molecule has 0 bridgehead atoms. The number of halogens is 1. The van der Waals surface area contributed by atoms with Crippen LogP contribution in [0.2, 0.25) is 0 Å². The van der Waals surface area contributed by atoms with Crippen LogP contribution in [0.3, 0.4) is 0 Å². The highest BCUT2D eigenvalue weighted by atomic mass is 35.5. The standard InChI is InChI=1S/C16H25ClO2/c1-6-8-18-15-11(3)12(4)16(19-9-7-2)14(10-17)13(15)5/h6-10H2,1-5H3. The van der Waals surface area contributed by atoms with Gasteiger partial charge in [0, 0.05) is 5.56 Å². The smallest absolute Gasteiger partial charge is 0.127 e. The summed E-state index contributed by atoms with van der Waals surface area (Å²) >= 11 is 6.11. The van der Waals surface area contributed by atoms with E-state index in [0.29, 0.717) is 5.88 Å². The maximum Gasteiger partial charge on any atom is 0.127 e. The zero-order valence-corrected chi connectivity index (χ0v) is 13.5. The normalized spacial score (nSPS) is 10.6. The van der Waals surface area contributed by atoms with Gasteiger partial charge in [-0.05, 0) is 50.3 Å². The maximum absolute atomic E-state index is 6.11. The van der Waals surface area contributed by atoms with Gasteiger partial charge in [0.2, 0.25) is 0 Å². The van der Waals surface area contributed by atoms with Crippen LogP contribution < -0.4 is 9.47 Å². The molecule has 0 atom stereocenters. The lowest BCUT2D eigenvalue weighted by atomic mass is 9.98. The van der Waals surface area contributed by atoms with Gasteiger partial charge < -0.3 is 9.47 Å². The van der Waals surface area contributed by atoms with E-state index >= 15 is 0 Å². The molecule has 0 spiro atoms. The molecule has 0 aliphatic rings. The molecule has 0 aromatic heterocycles. The summed E-state index contributed by atoms with van der Waals surface area (Å²) in [6.07, 6.45) is 2.00. The van der Waals surface area contributed by atoms with Crippen molar-refractivity contribution in [2.45, 2.75) is 53.3 Å². The zero-order chi connectivity index (χ0) is 14.4. The predicted octanol–water partition coefficient (Wildman–Crippen LogP) is 4.93. The topological polar surface area (TPSA) is 18.5 Å². The molecule has 0 radical (unpaired) electrons. The van der Waals surface area contributed by atoms with Crippen molar-refractivity contribution in [2.75, 3.05) is 13.2 Å². The minimum absolute atomic E-state index is 0.453. The average Bonchev–Trinajstić information content (AvgIpc) is 2.41. The van der Waals surface area contributed by atoms with Gasteiger partial charge >= 0.3 is 0 Å². The molecular formula is C16H25ClO2. The Balaban J connectivity index is 3.27. The second-order valence-electron chi connectivity index (χ2n) is 4.84. The number of rotatable bonds is 7.